The predicted molar refractivity (Wildman–Crippen MR) is 105 cm³/mol. The van der Waals surface area contributed by atoms with Crippen LogP contribution in [0.4, 0.5) is 15.0 Å². The lowest BCUT2D eigenvalue weighted by atomic mass is 9.93. The maximum absolute atomic E-state index is 13.5. The number of rotatable bonds is 6. The van der Waals surface area contributed by atoms with Crippen molar-refractivity contribution in [3.63, 3.8) is 0 Å². The minimum absolute atomic E-state index is 0.138. The van der Waals surface area contributed by atoms with Crippen LogP contribution in [0.15, 0.2) is 30.5 Å². The van der Waals surface area contributed by atoms with Gasteiger partial charge < -0.3 is 15.3 Å². The topological polar surface area (TPSA) is 85.8 Å². The second-order valence-electron chi connectivity index (χ2n) is 7.10. The molecule has 2 aromatic rings. The van der Waals surface area contributed by atoms with Crippen molar-refractivity contribution >= 4 is 28.6 Å². The van der Waals surface area contributed by atoms with Crippen molar-refractivity contribution in [1.29, 1.82) is 0 Å². The number of likely N-dealkylation sites (N-methyl/N-ethyl adjacent to an activating group) is 1. The van der Waals surface area contributed by atoms with E-state index in [1.165, 1.54) is 19.2 Å². The van der Waals surface area contributed by atoms with Crippen molar-refractivity contribution in [2.75, 3.05) is 38.1 Å². The van der Waals surface area contributed by atoms with Crippen LogP contribution in [0.5, 0.6) is 0 Å². The molecule has 1 saturated heterocycles. The van der Waals surface area contributed by atoms with E-state index in [-0.39, 0.29) is 18.3 Å². The molecule has 0 spiro atoms. The van der Waals surface area contributed by atoms with Gasteiger partial charge >= 0.3 is 6.09 Å². The second-order valence-corrected chi connectivity index (χ2v) is 7.10. The number of carbonyl (C=O) groups excluding carboxylic acids is 1. The van der Waals surface area contributed by atoms with Gasteiger partial charge in [-0.25, -0.2) is 14.2 Å². The number of anilines is 1. The fourth-order valence-corrected chi connectivity index (χ4v) is 3.65. The summed E-state index contributed by atoms with van der Waals surface area (Å²) in [5, 5.41) is 13.5. The molecule has 2 heterocycles. The number of hydrogen-bond acceptors (Lipinski definition) is 4. The largest absolute Gasteiger partial charge is 0.465 e. The Morgan fingerprint density at radius 3 is 2.75 bits per heavy atom. The van der Waals surface area contributed by atoms with Gasteiger partial charge in [0, 0.05) is 38.3 Å². The molecule has 0 aliphatic carbocycles. The molecule has 1 aliphatic rings. The first-order chi connectivity index (χ1) is 13.5. The van der Waals surface area contributed by atoms with Gasteiger partial charge in [-0.05, 0) is 54.8 Å². The van der Waals surface area contributed by atoms with Crippen molar-refractivity contribution in [3.8, 4) is 0 Å². The van der Waals surface area contributed by atoms with Crippen LogP contribution in [0.2, 0.25) is 0 Å². The molecule has 8 heteroatoms. The summed E-state index contributed by atoms with van der Waals surface area (Å²) < 4.78 is 13.5. The monoisotopic (exact) mass is 388 g/mol. The molecule has 0 radical (unpaired) electrons. The third-order valence-corrected chi connectivity index (χ3v) is 5.31. The number of benzene rings is 1. The highest BCUT2D eigenvalue weighted by molar-refractivity contribution is 5.92. The van der Waals surface area contributed by atoms with E-state index in [0.29, 0.717) is 12.5 Å². The summed E-state index contributed by atoms with van der Waals surface area (Å²) in [6, 6.07) is 6.54. The second kappa shape index (κ2) is 8.86. The van der Waals surface area contributed by atoms with Gasteiger partial charge in [0.2, 0.25) is 5.91 Å². The zero-order valence-electron chi connectivity index (χ0n) is 15.9. The first-order valence-electron chi connectivity index (χ1n) is 9.45. The summed E-state index contributed by atoms with van der Waals surface area (Å²) in [5.74, 6) is 0.691. The predicted octanol–water partition coefficient (Wildman–Crippen LogP) is 2.71. The number of piperidine rings is 1. The molecular formula is C20H25FN4O3. The Bertz CT molecular complexity index is 852. The van der Waals surface area contributed by atoms with E-state index in [9.17, 15) is 19.1 Å². The molecule has 28 heavy (non-hydrogen) atoms. The Morgan fingerprint density at radius 1 is 1.32 bits per heavy atom. The van der Waals surface area contributed by atoms with Gasteiger partial charge in [-0.2, -0.15) is 0 Å². The van der Waals surface area contributed by atoms with Gasteiger partial charge in [-0.3, -0.25) is 9.69 Å². The van der Waals surface area contributed by atoms with Crippen molar-refractivity contribution in [2.24, 2.45) is 5.92 Å². The fourth-order valence-electron chi connectivity index (χ4n) is 3.65. The minimum Gasteiger partial charge on any atom is -0.465 e. The minimum atomic E-state index is -1.08. The molecule has 150 valence electrons. The zero-order valence-corrected chi connectivity index (χ0v) is 15.9. The van der Waals surface area contributed by atoms with Gasteiger partial charge in [0.15, 0.2) is 0 Å². The molecule has 0 atom stereocenters. The molecule has 0 saturated carbocycles. The van der Waals surface area contributed by atoms with E-state index in [2.05, 4.69) is 15.2 Å². The smallest absolute Gasteiger partial charge is 0.407 e. The Balaban J connectivity index is 1.57. The molecule has 1 aromatic carbocycles. The molecular weight excluding hydrogens is 363 g/mol. The number of aromatic nitrogens is 1. The molecule has 1 fully saturated rings. The SMILES string of the molecule is CNC(=O)CN(CCC1CCN(c2nccc3cc(F)ccc23)CC1)C(=O)O. The van der Waals surface area contributed by atoms with Crippen LogP contribution in [-0.4, -0.2) is 60.2 Å². The molecule has 7 nitrogen and oxygen atoms in total. The molecule has 1 aromatic heterocycles. The molecule has 0 bridgehead atoms. The molecule has 0 unspecified atom stereocenters. The van der Waals surface area contributed by atoms with Crippen LogP contribution in [-0.2, 0) is 4.79 Å². The summed E-state index contributed by atoms with van der Waals surface area (Å²) in [4.78, 5) is 30.6. The number of carbonyl (C=O) groups is 2. The number of carboxylic acid groups (broad SMARTS) is 1. The lowest BCUT2D eigenvalue weighted by molar-refractivity contribution is -0.121. The van der Waals surface area contributed by atoms with Gasteiger partial charge in [-0.15, -0.1) is 0 Å². The average molecular weight is 388 g/mol. The first kappa shape index (κ1) is 19.9. The molecule has 1 aliphatic heterocycles. The maximum atomic E-state index is 13.5. The Labute approximate surface area is 163 Å². The van der Waals surface area contributed by atoms with E-state index in [0.717, 1.165) is 53.8 Å². The van der Waals surface area contributed by atoms with Gasteiger partial charge in [0.05, 0.1) is 0 Å². The highest BCUT2D eigenvalue weighted by Crippen LogP contribution is 2.29. The van der Waals surface area contributed by atoms with Crippen molar-refractivity contribution in [1.82, 2.24) is 15.2 Å². The zero-order chi connectivity index (χ0) is 20.1. The van der Waals surface area contributed by atoms with E-state index >= 15 is 0 Å². The third-order valence-electron chi connectivity index (χ3n) is 5.31. The van der Waals surface area contributed by atoms with Crippen molar-refractivity contribution in [3.05, 3.63) is 36.3 Å². The van der Waals surface area contributed by atoms with Crippen molar-refractivity contribution in [2.45, 2.75) is 19.3 Å². The van der Waals surface area contributed by atoms with Crippen LogP contribution in [0.25, 0.3) is 10.8 Å². The number of fused-ring (bicyclic) bond motifs is 1. The summed E-state index contributed by atoms with van der Waals surface area (Å²) in [6.45, 7) is 1.84. The fraction of sp³-hybridized carbons (Fsp3) is 0.450. The Kier molecular flexibility index (Phi) is 6.28. The number of hydrogen-bond donors (Lipinski definition) is 2. The van der Waals surface area contributed by atoms with E-state index in [4.69, 9.17) is 0 Å². The normalized spacial score (nSPS) is 14.9. The van der Waals surface area contributed by atoms with Crippen molar-refractivity contribution < 1.29 is 19.1 Å². The summed E-state index contributed by atoms with van der Waals surface area (Å²) in [7, 11) is 1.49. The lowest BCUT2D eigenvalue weighted by Crippen LogP contribution is -2.41. The quantitative estimate of drug-likeness (QED) is 0.795. The van der Waals surface area contributed by atoms with Gasteiger partial charge in [0.25, 0.3) is 0 Å². The summed E-state index contributed by atoms with van der Waals surface area (Å²) >= 11 is 0. The summed E-state index contributed by atoms with van der Waals surface area (Å²) in [5.41, 5.74) is 0. The van der Waals surface area contributed by atoms with E-state index in [1.54, 1.807) is 12.3 Å². The van der Waals surface area contributed by atoms with Crippen LogP contribution < -0.4 is 10.2 Å². The van der Waals surface area contributed by atoms with Crippen LogP contribution >= 0.6 is 0 Å². The number of pyridine rings is 1. The standard InChI is InChI=1S/C20H25FN4O3/c1-22-18(26)13-25(20(27)28)11-7-14-5-9-24(10-6-14)19-17-3-2-16(21)12-15(17)4-8-23-19/h2-4,8,12,14H,5-7,9-11,13H2,1H3,(H,22,26)(H,27,28). The molecule has 2 amide bonds. The first-order valence-corrected chi connectivity index (χ1v) is 9.45. The van der Waals surface area contributed by atoms with Crippen LogP contribution in [0, 0.1) is 11.7 Å². The lowest BCUT2D eigenvalue weighted by Gasteiger charge is -2.34. The van der Waals surface area contributed by atoms with Crippen LogP contribution in [0.3, 0.4) is 0 Å². The highest BCUT2D eigenvalue weighted by Gasteiger charge is 2.23. The van der Waals surface area contributed by atoms with Crippen LogP contribution in [0.1, 0.15) is 19.3 Å². The number of halogens is 1. The van der Waals surface area contributed by atoms with Gasteiger partial charge in [-0.1, -0.05) is 0 Å². The molecule has 2 N–H and O–H groups in total. The molecule has 3 rings (SSSR count). The van der Waals surface area contributed by atoms with Gasteiger partial charge in [0.1, 0.15) is 18.2 Å². The number of nitrogens with one attached hydrogen (secondary N) is 1. The third kappa shape index (κ3) is 4.68. The van der Waals surface area contributed by atoms with E-state index < -0.39 is 6.09 Å². The maximum Gasteiger partial charge on any atom is 0.407 e. The Hall–Kier alpha value is -2.90. The Morgan fingerprint density at radius 2 is 2.07 bits per heavy atom. The highest BCUT2D eigenvalue weighted by atomic mass is 19.1. The number of amides is 2. The van der Waals surface area contributed by atoms with E-state index in [1.807, 2.05) is 6.07 Å². The summed E-state index contributed by atoms with van der Waals surface area (Å²) in [6.07, 6.45) is 3.20. The average Bonchev–Trinajstić information content (AvgIpc) is 2.70. The number of nitrogens with zero attached hydrogens (tertiary/aromatic N) is 3.